The Balaban J connectivity index is 2.45. The highest BCUT2D eigenvalue weighted by atomic mass is 32.1. The molecule has 1 aromatic heterocycles. The van der Waals surface area contributed by atoms with Gasteiger partial charge >= 0.3 is 5.97 Å². The highest BCUT2D eigenvalue weighted by Crippen LogP contribution is 2.31. The van der Waals surface area contributed by atoms with E-state index in [9.17, 15) is 4.79 Å². The van der Waals surface area contributed by atoms with Crippen molar-refractivity contribution in [1.29, 1.82) is 0 Å². The van der Waals surface area contributed by atoms with Crippen LogP contribution in [-0.2, 0) is 9.53 Å². The molecule has 0 bridgehead atoms. The van der Waals surface area contributed by atoms with Crippen molar-refractivity contribution in [2.75, 3.05) is 7.11 Å². The van der Waals surface area contributed by atoms with E-state index in [4.69, 9.17) is 17.0 Å². The molecule has 2 rings (SSSR count). The molecule has 0 saturated carbocycles. The third-order valence-corrected chi connectivity index (χ3v) is 4.01. The Morgan fingerprint density at radius 2 is 2.17 bits per heavy atom. The zero-order valence-electron chi connectivity index (χ0n) is 10.4. The molecule has 0 aliphatic carbocycles. The van der Waals surface area contributed by atoms with E-state index >= 15 is 0 Å². The number of hydrogen-bond donors (Lipinski definition) is 2. The molecule has 96 valence electrons. The summed E-state index contributed by atoms with van der Waals surface area (Å²) in [7, 11) is 1.38. The predicted octanol–water partition coefficient (Wildman–Crippen LogP) is 2.02. The predicted molar refractivity (Wildman–Crippen MR) is 75.4 cm³/mol. The number of hydrogen-bond acceptors (Lipinski definition) is 4. The van der Waals surface area contributed by atoms with E-state index in [1.165, 1.54) is 12.0 Å². The number of methoxy groups -OCH3 is 1. The molecule has 2 heterocycles. The molecule has 1 aromatic rings. The first-order valence-corrected chi connectivity index (χ1v) is 6.68. The number of carbonyl (C=O) groups is 1. The average Bonchev–Trinajstić information content (AvgIpc) is 2.74. The van der Waals surface area contributed by atoms with E-state index < -0.39 is 0 Å². The second kappa shape index (κ2) is 5.07. The summed E-state index contributed by atoms with van der Waals surface area (Å²) in [5.41, 5.74) is 1.31. The van der Waals surface area contributed by atoms with Gasteiger partial charge in [-0.15, -0.1) is 11.3 Å². The van der Waals surface area contributed by atoms with Crippen molar-refractivity contribution in [3.8, 4) is 0 Å². The first-order valence-electron chi connectivity index (χ1n) is 5.46. The van der Waals surface area contributed by atoms with Gasteiger partial charge < -0.3 is 15.4 Å². The quantitative estimate of drug-likeness (QED) is 0.642. The van der Waals surface area contributed by atoms with Gasteiger partial charge in [-0.2, -0.15) is 0 Å². The Morgan fingerprint density at radius 3 is 2.72 bits per heavy atom. The van der Waals surface area contributed by atoms with Gasteiger partial charge in [0.1, 0.15) is 0 Å². The third kappa shape index (κ3) is 2.39. The van der Waals surface area contributed by atoms with Gasteiger partial charge in [-0.1, -0.05) is 0 Å². The monoisotopic (exact) mass is 282 g/mol. The summed E-state index contributed by atoms with van der Waals surface area (Å²) in [5.74, 6) is -0.342. The maximum absolute atomic E-state index is 11.9. The molecule has 1 aliphatic rings. The van der Waals surface area contributed by atoms with Gasteiger partial charge in [0, 0.05) is 15.5 Å². The molecule has 2 N–H and O–H groups in total. The van der Waals surface area contributed by atoms with Gasteiger partial charge in [0.05, 0.1) is 18.7 Å². The average molecular weight is 282 g/mol. The molecule has 18 heavy (non-hydrogen) atoms. The summed E-state index contributed by atoms with van der Waals surface area (Å²) in [5, 5.41) is 6.59. The minimum absolute atomic E-state index is 0.232. The smallest absolute Gasteiger partial charge is 0.337 e. The van der Waals surface area contributed by atoms with E-state index in [1.807, 2.05) is 26.0 Å². The van der Waals surface area contributed by atoms with Crippen LogP contribution in [0.4, 0.5) is 0 Å². The lowest BCUT2D eigenvalue weighted by Crippen LogP contribution is -2.44. The second-order valence-corrected chi connectivity index (χ2v) is 5.74. The summed E-state index contributed by atoms with van der Waals surface area (Å²) < 4.78 is 4.84. The molecule has 0 spiro atoms. The first kappa shape index (κ1) is 13.0. The van der Waals surface area contributed by atoms with Crippen molar-refractivity contribution >= 4 is 34.6 Å². The van der Waals surface area contributed by atoms with E-state index in [0.29, 0.717) is 10.7 Å². The lowest BCUT2D eigenvalue weighted by molar-refractivity contribution is -0.136. The summed E-state index contributed by atoms with van der Waals surface area (Å²) in [6.07, 6.45) is 0. The first-order chi connectivity index (χ1) is 8.52. The molecule has 4 nitrogen and oxygen atoms in total. The highest BCUT2D eigenvalue weighted by molar-refractivity contribution is 7.80. The molecule has 0 saturated heterocycles. The molecule has 1 atom stereocenters. The largest absolute Gasteiger partial charge is 0.466 e. The number of esters is 1. The van der Waals surface area contributed by atoms with Gasteiger partial charge in [0.2, 0.25) is 0 Å². The number of rotatable bonds is 2. The SMILES string of the molecule is COC(=O)C1=C(C)NC(=S)NC1c1ccc(C)s1. The molecule has 6 heteroatoms. The standard InChI is InChI=1S/C12H14N2O2S2/c1-6-4-5-8(18-6)10-9(11(15)16-3)7(2)13-12(17)14-10/h4-5,10H,1-3H3,(H2,13,14,17). The Morgan fingerprint density at radius 1 is 1.44 bits per heavy atom. The molecular formula is C12H14N2O2S2. The number of thiophene rings is 1. The Hall–Kier alpha value is -1.40. The van der Waals surface area contributed by atoms with E-state index in [1.54, 1.807) is 11.3 Å². The maximum atomic E-state index is 11.9. The van der Waals surface area contributed by atoms with Gasteiger partial charge in [0.15, 0.2) is 5.11 Å². The molecule has 1 aliphatic heterocycles. The Labute approximate surface area is 115 Å². The van der Waals surface area contributed by atoms with Crippen molar-refractivity contribution in [3.63, 3.8) is 0 Å². The number of nitrogens with one attached hydrogen (secondary N) is 2. The number of allylic oxidation sites excluding steroid dienone is 1. The molecular weight excluding hydrogens is 268 g/mol. The second-order valence-electron chi connectivity index (χ2n) is 4.01. The van der Waals surface area contributed by atoms with E-state index in [-0.39, 0.29) is 12.0 Å². The fourth-order valence-corrected chi connectivity index (χ4v) is 3.11. The van der Waals surface area contributed by atoms with Gasteiger partial charge in [0.25, 0.3) is 0 Å². The van der Waals surface area contributed by atoms with Crippen LogP contribution in [0.15, 0.2) is 23.4 Å². The van der Waals surface area contributed by atoms with Gasteiger partial charge in [-0.25, -0.2) is 4.79 Å². The van der Waals surface area contributed by atoms with Crippen LogP contribution >= 0.6 is 23.6 Å². The molecule has 0 radical (unpaired) electrons. The van der Waals surface area contributed by atoms with E-state index in [2.05, 4.69) is 10.6 Å². The van der Waals surface area contributed by atoms with Gasteiger partial charge in [-0.05, 0) is 38.2 Å². The summed E-state index contributed by atoms with van der Waals surface area (Å²) in [6, 6.07) is 3.80. The third-order valence-electron chi connectivity index (χ3n) is 2.72. The van der Waals surface area contributed by atoms with Crippen LogP contribution in [0.3, 0.4) is 0 Å². The maximum Gasteiger partial charge on any atom is 0.337 e. The van der Waals surface area contributed by atoms with Crippen LogP contribution in [-0.4, -0.2) is 18.2 Å². The zero-order chi connectivity index (χ0) is 13.3. The lowest BCUT2D eigenvalue weighted by atomic mass is 10.0. The zero-order valence-corrected chi connectivity index (χ0v) is 12.0. The summed E-state index contributed by atoms with van der Waals surface area (Å²) in [6.45, 7) is 3.86. The van der Waals surface area contributed by atoms with Gasteiger partial charge in [-0.3, -0.25) is 0 Å². The van der Waals surface area contributed by atoms with Crippen LogP contribution in [0, 0.1) is 6.92 Å². The molecule has 0 fully saturated rings. The highest BCUT2D eigenvalue weighted by Gasteiger charge is 2.31. The molecule has 0 aromatic carbocycles. The van der Waals surface area contributed by atoms with Crippen LogP contribution in [0.5, 0.6) is 0 Å². The summed E-state index contributed by atoms with van der Waals surface area (Å²) >= 11 is 6.78. The molecule has 1 unspecified atom stereocenters. The van der Waals surface area contributed by atoms with Crippen molar-refractivity contribution < 1.29 is 9.53 Å². The fraction of sp³-hybridized carbons (Fsp3) is 0.333. The minimum Gasteiger partial charge on any atom is -0.466 e. The number of thiocarbonyl (C=S) groups is 1. The topological polar surface area (TPSA) is 50.4 Å². The van der Waals surface area contributed by atoms with Crippen molar-refractivity contribution in [3.05, 3.63) is 33.2 Å². The van der Waals surface area contributed by atoms with Crippen LogP contribution in [0.25, 0.3) is 0 Å². The van der Waals surface area contributed by atoms with E-state index in [0.717, 1.165) is 10.6 Å². The van der Waals surface area contributed by atoms with Crippen molar-refractivity contribution in [2.45, 2.75) is 19.9 Å². The van der Waals surface area contributed by atoms with Crippen molar-refractivity contribution in [2.24, 2.45) is 0 Å². The molecule has 0 amide bonds. The summed E-state index contributed by atoms with van der Waals surface area (Å²) in [4.78, 5) is 14.1. The van der Waals surface area contributed by atoms with Crippen LogP contribution in [0.1, 0.15) is 22.7 Å². The lowest BCUT2D eigenvalue weighted by Gasteiger charge is -2.28. The number of aryl methyl sites for hydroxylation is 1. The number of ether oxygens (including phenoxy) is 1. The minimum atomic E-state index is -0.342. The Kier molecular flexibility index (Phi) is 3.68. The number of carbonyl (C=O) groups excluding carboxylic acids is 1. The van der Waals surface area contributed by atoms with Crippen LogP contribution < -0.4 is 10.6 Å². The fourth-order valence-electron chi connectivity index (χ4n) is 1.90. The normalized spacial score (nSPS) is 19.3. The van der Waals surface area contributed by atoms with Crippen LogP contribution in [0.2, 0.25) is 0 Å². The van der Waals surface area contributed by atoms with Crippen molar-refractivity contribution in [1.82, 2.24) is 10.6 Å². The Bertz CT molecular complexity index is 534.